The van der Waals surface area contributed by atoms with Gasteiger partial charge in [0.05, 0.1) is 6.04 Å². The van der Waals surface area contributed by atoms with E-state index in [9.17, 15) is 4.79 Å². The maximum atomic E-state index is 11.4. The zero-order valence-electron chi connectivity index (χ0n) is 9.96. The number of aliphatic imine (C=N–C) groups is 1. The maximum Gasteiger partial charge on any atom is 0.246 e. The number of amides is 1. The normalized spacial score (nSPS) is 19.9. The molecule has 1 amide bonds. The van der Waals surface area contributed by atoms with E-state index in [2.05, 4.69) is 23.4 Å². The summed E-state index contributed by atoms with van der Waals surface area (Å²) in [5.41, 5.74) is 0. The monoisotopic (exact) mass is 235 g/mol. The average Bonchev–Trinajstić information content (AvgIpc) is 2.79. The van der Waals surface area contributed by atoms with Crippen LogP contribution in [0.3, 0.4) is 0 Å². The molecular formula is C11H17N5O. The third-order valence-corrected chi connectivity index (χ3v) is 2.73. The minimum Gasteiger partial charge on any atom is -0.337 e. The quantitative estimate of drug-likeness (QED) is 0.337. The fourth-order valence-electron chi connectivity index (χ4n) is 1.91. The van der Waals surface area contributed by atoms with E-state index < -0.39 is 0 Å². The topological polar surface area (TPSA) is 72.1 Å². The summed E-state index contributed by atoms with van der Waals surface area (Å²) < 4.78 is 0. The van der Waals surface area contributed by atoms with Crippen molar-refractivity contribution in [2.45, 2.75) is 19.4 Å². The number of nitrogens with zero attached hydrogens (tertiary/aromatic N) is 4. The van der Waals surface area contributed by atoms with Crippen LogP contribution in [0.4, 0.5) is 0 Å². The highest BCUT2D eigenvalue weighted by molar-refractivity contribution is 5.88. The summed E-state index contributed by atoms with van der Waals surface area (Å²) in [5.74, 6) is 0.533. The number of amidine groups is 1. The Morgan fingerprint density at radius 2 is 2.35 bits per heavy atom. The smallest absolute Gasteiger partial charge is 0.246 e. The van der Waals surface area contributed by atoms with Crippen LogP contribution in [0, 0.1) is 5.41 Å². The van der Waals surface area contributed by atoms with E-state index in [4.69, 9.17) is 5.41 Å². The third-order valence-electron chi connectivity index (χ3n) is 2.73. The van der Waals surface area contributed by atoms with Crippen molar-refractivity contribution in [2.75, 3.05) is 13.1 Å². The first-order valence-electron chi connectivity index (χ1n) is 5.34. The van der Waals surface area contributed by atoms with Crippen LogP contribution >= 0.6 is 0 Å². The predicted molar refractivity (Wildman–Crippen MR) is 68.5 cm³/mol. The van der Waals surface area contributed by atoms with Gasteiger partial charge in [-0.15, -0.1) is 0 Å². The van der Waals surface area contributed by atoms with Gasteiger partial charge in [-0.2, -0.15) is 5.10 Å². The van der Waals surface area contributed by atoms with E-state index in [0.29, 0.717) is 18.9 Å². The zero-order valence-corrected chi connectivity index (χ0v) is 9.96. The van der Waals surface area contributed by atoms with Gasteiger partial charge in [0, 0.05) is 19.8 Å². The van der Waals surface area contributed by atoms with Crippen LogP contribution in [0.1, 0.15) is 13.3 Å². The molecule has 0 bridgehead atoms. The Morgan fingerprint density at radius 1 is 1.65 bits per heavy atom. The molecule has 0 unspecified atom stereocenters. The van der Waals surface area contributed by atoms with Crippen LogP contribution in [-0.4, -0.2) is 53.8 Å². The van der Waals surface area contributed by atoms with Crippen molar-refractivity contribution in [1.82, 2.24) is 9.91 Å². The molecule has 92 valence electrons. The molecule has 1 heterocycles. The number of hydrazone groups is 1. The first-order chi connectivity index (χ1) is 8.13. The molecule has 1 aliphatic heterocycles. The highest BCUT2D eigenvalue weighted by Crippen LogP contribution is 2.16. The molecule has 1 rings (SSSR count). The van der Waals surface area contributed by atoms with Crippen molar-refractivity contribution in [3.8, 4) is 0 Å². The Bertz CT molecular complexity index is 363. The molecule has 1 aliphatic rings. The fraction of sp³-hybridized carbons (Fsp3) is 0.455. The molecule has 0 spiro atoms. The number of likely N-dealkylation sites (tertiary alicyclic amines) is 1. The van der Waals surface area contributed by atoms with Gasteiger partial charge in [-0.25, -0.2) is 10.0 Å². The number of carbonyl (C=O) groups excluding carboxylic acids is 1. The van der Waals surface area contributed by atoms with Gasteiger partial charge in [-0.05, 0) is 19.4 Å². The van der Waals surface area contributed by atoms with Crippen LogP contribution in [0.25, 0.3) is 0 Å². The summed E-state index contributed by atoms with van der Waals surface area (Å²) in [7, 11) is 0. The second-order valence-electron chi connectivity index (χ2n) is 3.72. The van der Waals surface area contributed by atoms with E-state index in [1.54, 1.807) is 16.8 Å². The van der Waals surface area contributed by atoms with Gasteiger partial charge in [-0.3, -0.25) is 10.2 Å². The van der Waals surface area contributed by atoms with Gasteiger partial charge < -0.3 is 4.90 Å². The van der Waals surface area contributed by atoms with E-state index in [0.717, 1.165) is 12.8 Å². The van der Waals surface area contributed by atoms with Crippen molar-refractivity contribution in [3.05, 3.63) is 12.7 Å². The Kier molecular flexibility index (Phi) is 4.56. The SMILES string of the molecule is C=CC(=O)N1CC[C@@H](N(N=C)/C(C)=N/C=N)C1. The number of hydrogen-bond acceptors (Lipinski definition) is 3. The molecule has 1 saturated heterocycles. The first kappa shape index (κ1) is 13.1. The molecular weight excluding hydrogens is 218 g/mol. The first-order valence-corrected chi connectivity index (χ1v) is 5.34. The van der Waals surface area contributed by atoms with Crippen LogP contribution < -0.4 is 0 Å². The highest BCUT2D eigenvalue weighted by atomic mass is 16.2. The van der Waals surface area contributed by atoms with E-state index in [1.165, 1.54) is 6.08 Å². The van der Waals surface area contributed by atoms with Crippen LogP contribution in [0.15, 0.2) is 22.7 Å². The second-order valence-corrected chi connectivity index (χ2v) is 3.72. The molecule has 0 aromatic carbocycles. The van der Waals surface area contributed by atoms with Gasteiger partial charge in [0.25, 0.3) is 0 Å². The van der Waals surface area contributed by atoms with Gasteiger partial charge in [0.2, 0.25) is 5.91 Å². The van der Waals surface area contributed by atoms with Crippen LogP contribution in [0.2, 0.25) is 0 Å². The molecule has 6 nitrogen and oxygen atoms in total. The summed E-state index contributed by atoms with van der Waals surface area (Å²) in [4.78, 5) is 17.0. The van der Waals surface area contributed by atoms with Crippen molar-refractivity contribution in [3.63, 3.8) is 0 Å². The standard InChI is InChI=1S/C11H17N5O/c1-4-11(17)15-6-5-10(7-15)16(13-3)9(2)14-8-12/h4,8,10,12H,1,3,5-7H2,2H3/b12-8?,14-9+/t10-/m1/s1. The van der Waals surface area contributed by atoms with E-state index in [1.807, 2.05) is 0 Å². The van der Waals surface area contributed by atoms with Crippen LogP contribution in [-0.2, 0) is 4.79 Å². The lowest BCUT2D eigenvalue weighted by Gasteiger charge is -2.24. The maximum absolute atomic E-state index is 11.4. The third kappa shape index (κ3) is 2.99. The number of nitrogens with one attached hydrogen (secondary N) is 1. The second kappa shape index (κ2) is 5.93. The lowest BCUT2D eigenvalue weighted by molar-refractivity contribution is -0.125. The fourth-order valence-corrected chi connectivity index (χ4v) is 1.91. The number of hydrogen-bond donors (Lipinski definition) is 1. The summed E-state index contributed by atoms with van der Waals surface area (Å²) >= 11 is 0. The molecule has 1 atom stereocenters. The molecule has 0 aromatic rings. The zero-order chi connectivity index (χ0) is 12.8. The Labute approximate surface area is 101 Å². The minimum atomic E-state index is -0.0711. The molecule has 0 saturated carbocycles. The van der Waals surface area contributed by atoms with Crippen LogP contribution in [0.5, 0.6) is 0 Å². The Morgan fingerprint density at radius 3 is 2.88 bits per heavy atom. The van der Waals surface area contributed by atoms with Gasteiger partial charge in [0.15, 0.2) is 0 Å². The lowest BCUT2D eigenvalue weighted by atomic mass is 10.2. The van der Waals surface area contributed by atoms with Gasteiger partial charge >= 0.3 is 0 Å². The average molecular weight is 235 g/mol. The van der Waals surface area contributed by atoms with Crippen molar-refractivity contribution in [2.24, 2.45) is 10.1 Å². The molecule has 17 heavy (non-hydrogen) atoms. The lowest BCUT2D eigenvalue weighted by Crippen LogP contribution is -2.38. The Hall–Kier alpha value is -1.98. The summed E-state index contributed by atoms with van der Waals surface area (Å²) in [6, 6.07) is 0.0695. The molecule has 0 aromatic heterocycles. The highest BCUT2D eigenvalue weighted by Gasteiger charge is 2.29. The van der Waals surface area contributed by atoms with E-state index >= 15 is 0 Å². The summed E-state index contributed by atoms with van der Waals surface area (Å²) in [6.45, 7) is 9.98. The molecule has 6 heteroatoms. The van der Waals surface area contributed by atoms with Gasteiger partial charge in [0.1, 0.15) is 12.2 Å². The van der Waals surface area contributed by atoms with Crippen molar-refractivity contribution >= 4 is 24.8 Å². The molecule has 1 fully saturated rings. The van der Waals surface area contributed by atoms with Gasteiger partial charge in [-0.1, -0.05) is 6.58 Å². The van der Waals surface area contributed by atoms with Crippen molar-refractivity contribution in [1.29, 1.82) is 5.41 Å². The summed E-state index contributed by atoms with van der Waals surface area (Å²) in [6.07, 6.45) is 3.09. The molecule has 0 aliphatic carbocycles. The largest absolute Gasteiger partial charge is 0.337 e. The van der Waals surface area contributed by atoms with Crippen molar-refractivity contribution < 1.29 is 4.79 Å². The minimum absolute atomic E-state index is 0.0695. The molecule has 0 radical (unpaired) electrons. The number of carbonyl (C=O) groups is 1. The Balaban J connectivity index is 2.71. The molecule has 1 N–H and O–H groups in total. The predicted octanol–water partition coefficient (Wildman–Crippen LogP) is 0.716. The summed E-state index contributed by atoms with van der Waals surface area (Å²) in [5, 5.41) is 12.5. The number of rotatable bonds is 4. The van der Waals surface area contributed by atoms with E-state index in [-0.39, 0.29) is 11.9 Å².